The molecule has 128 valence electrons. The molecule has 0 bridgehead atoms. The SMILES string of the molecule is CCc1nn(C)c(N2CCC(OCc3ccncc3)C2)c1[N+](=O)[O-]. The van der Waals surface area contributed by atoms with Crippen LogP contribution < -0.4 is 4.90 Å². The molecule has 0 saturated carbocycles. The van der Waals surface area contributed by atoms with Crippen LogP contribution >= 0.6 is 0 Å². The Kier molecular flexibility index (Phi) is 4.75. The van der Waals surface area contributed by atoms with Crippen LogP contribution in [-0.2, 0) is 24.8 Å². The first-order valence-corrected chi connectivity index (χ1v) is 8.05. The maximum absolute atomic E-state index is 11.5. The van der Waals surface area contributed by atoms with E-state index in [1.807, 2.05) is 24.0 Å². The highest BCUT2D eigenvalue weighted by atomic mass is 16.6. The van der Waals surface area contributed by atoms with Gasteiger partial charge in [0.25, 0.3) is 0 Å². The highest BCUT2D eigenvalue weighted by Crippen LogP contribution is 2.34. The summed E-state index contributed by atoms with van der Waals surface area (Å²) in [6.45, 7) is 3.76. The van der Waals surface area contributed by atoms with E-state index in [0.717, 1.165) is 18.5 Å². The van der Waals surface area contributed by atoms with E-state index in [1.54, 1.807) is 24.1 Å². The summed E-state index contributed by atoms with van der Waals surface area (Å²) in [5, 5.41) is 15.8. The molecule has 8 heteroatoms. The van der Waals surface area contributed by atoms with E-state index < -0.39 is 0 Å². The van der Waals surface area contributed by atoms with Crippen molar-refractivity contribution in [1.82, 2.24) is 14.8 Å². The fraction of sp³-hybridized carbons (Fsp3) is 0.500. The summed E-state index contributed by atoms with van der Waals surface area (Å²) in [4.78, 5) is 17.1. The summed E-state index contributed by atoms with van der Waals surface area (Å²) in [6, 6.07) is 3.85. The van der Waals surface area contributed by atoms with Gasteiger partial charge in [-0.05, 0) is 30.5 Å². The molecule has 2 aromatic rings. The van der Waals surface area contributed by atoms with Gasteiger partial charge >= 0.3 is 5.69 Å². The molecule has 0 aromatic carbocycles. The Morgan fingerprint density at radius 2 is 2.17 bits per heavy atom. The summed E-state index contributed by atoms with van der Waals surface area (Å²) in [5.74, 6) is 0.576. The lowest BCUT2D eigenvalue weighted by molar-refractivity contribution is -0.384. The van der Waals surface area contributed by atoms with Crippen molar-refractivity contribution >= 4 is 11.5 Å². The first kappa shape index (κ1) is 16.4. The van der Waals surface area contributed by atoms with Gasteiger partial charge in [-0.25, -0.2) is 4.68 Å². The number of nitrogens with zero attached hydrogens (tertiary/aromatic N) is 5. The molecule has 2 aromatic heterocycles. The summed E-state index contributed by atoms with van der Waals surface area (Å²) in [6.07, 6.45) is 4.92. The van der Waals surface area contributed by atoms with Gasteiger partial charge < -0.3 is 9.64 Å². The van der Waals surface area contributed by atoms with Gasteiger partial charge in [0, 0.05) is 32.5 Å². The van der Waals surface area contributed by atoms with Crippen LogP contribution in [0.25, 0.3) is 0 Å². The molecule has 24 heavy (non-hydrogen) atoms. The lowest BCUT2D eigenvalue weighted by Gasteiger charge is -2.18. The predicted octanol–water partition coefficient (Wildman–Crippen LogP) is 2.08. The summed E-state index contributed by atoms with van der Waals surface area (Å²) < 4.78 is 7.56. The molecule has 1 fully saturated rings. The van der Waals surface area contributed by atoms with Crippen molar-refractivity contribution in [3.63, 3.8) is 0 Å². The Morgan fingerprint density at radius 3 is 2.83 bits per heavy atom. The van der Waals surface area contributed by atoms with E-state index in [4.69, 9.17) is 4.74 Å². The Bertz CT molecular complexity index is 716. The molecule has 1 aliphatic rings. The normalized spacial score (nSPS) is 17.4. The molecule has 0 N–H and O–H groups in total. The van der Waals surface area contributed by atoms with Gasteiger partial charge in [-0.2, -0.15) is 5.10 Å². The van der Waals surface area contributed by atoms with Crippen molar-refractivity contribution < 1.29 is 9.66 Å². The molecule has 0 aliphatic carbocycles. The average molecular weight is 331 g/mol. The second-order valence-corrected chi connectivity index (χ2v) is 5.88. The monoisotopic (exact) mass is 331 g/mol. The Hall–Kier alpha value is -2.48. The average Bonchev–Trinajstić information content (AvgIpc) is 3.17. The van der Waals surface area contributed by atoms with Crippen molar-refractivity contribution in [2.75, 3.05) is 18.0 Å². The third-order valence-electron chi connectivity index (χ3n) is 4.26. The van der Waals surface area contributed by atoms with Crippen LogP contribution in [0, 0.1) is 10.1 Å². The molecule has 0 spiro atoms. The predicted molar refractivity (Wildman–Crippen MR) is 88.9 cm³/mol. The van der Waals surface area contributed by atoms with E-state index in [9.17, 15) is 10.1 Å². The number of anilines is 1. The van der Waals surface area contributed by atoms with Gasteiger partial charge in [0.1, 0.15) is 5.69 Å². The fourth-order valence-corrected chi connectivity index (χ4v) is 3.09. The van der Waals surface area contributed by atoms with Crippen molar-refractivity contribution in [1.29, 1.82) is 0 Å². The molecular formula is C16H21N5O3. The zero-order chi connectivity index (χ0) is 17.1. The van der Waals surface area contributed by atoms with Gasteiger partial charge in [0.15, 0.2) is 0 Å². The smallest absolute Gasteiger partial charge is 0.334 e. The molecule has 0 radical (unpaired) electrons. The zero-order valence-corrected chi connectivity index (χ0v) is 13.9. The summed E-state index contributed by atoms with van der Waals surface area (Å²) in [7, 11) is 1.76. The molecule has 1 saturated heterocycles. The fourth-order valence-electron chi connectivity index (χ4n) is 3.09. The quantitative estimate of drug-likeness (QED) is 0.595. The number of nitro groups is 1. The number of hydrogen-bond acceptors (Lipinski definition) is 6. The largest absolute Gasteiger partial charge is 0.372 e. The first-order chi connectivity index (χ1) is 11.6. The van der Waals surface area contributed by atoms with E-state index in [-0.39, 0.29) is 16.7 Å². The van der Waals surface area contributed by atoms with Crippen molar-refractivity contribution in [3.8, 4) is 0 Å². The minimum Gasteiger partial charge on any atom is -0.372 e. The number of aryl methyl sites for hydroxylation is 2. The number of rotatable bonds is 6. The third kappa shape index (κ3) is 3.23. The Morgan fingerprint density at radius 1 is 1.42 bits per heavy atom. The van der Waals surface area contributed by atoms with Crippen LogP contribution in [0.2, 0.25) is 0 Å². The van der Waals surface area contributed by atoms with Crippen LogP contribution in [-0.4, -0.2) is 38.9 Å². The molecule has 1 aliphatic heterocycles. The van der Waals surface area contributed by atoms with Crippen LogP contribution in [0.5, 0.6) is 0 Å². The van der Waals surface area contributed by atoms with Crippen LogP contribution in [0.3, 0.4) is 0 Å². The second kappa shape index (κ2) is 6.96. The highest BCUT2D eigenvalue weighted by Gasteiger charge is 2.34. The lowest BCUT2D eigenvalue weighted by Crippen LogP contribution is -2.25. The maximum atomic E-state index is 11.5. The maximum Gasteiger partial charge on any atom is 0.334 e. The van der Waals surface area contributed by atoms with Crippen molar-refractivity contribution in [2.45, 2.75) is 32.5 Å². The van der Waals surface area contributed by atoms with Gasteiger partial charge in [-0.15, -0.1) is 0 Å². The van der Waals surface area contributed by atoms with Crippen LogP contribution in [0.15, 0.2) is 24.5 Å². The van der Waals surface area contributed by atoms with E-state index in [2.05, 4.69) is 10.1 Å². The van der Waals surface area contributed by atoms with Crippen molar-refractivity contribution in [2.24, 2.45) is 7.05 Å². The molecule has 1 unspecified atom stereocenters. The van der Waals surface area contributed by atoms with Gasteiger partial charge in [0.05, 0.1) is 17.6 Å². The van der Waals surface area contributed by atoms with Crippen LogP contribution in [0.4, 0.5) is 11.5 Å². The molecule has 3 rings (SSSR count). The van der Waals surface area contributed by atoms with Crippen LogP contribution in [0.1, 0.15) is 24.6 Å². The zero-order valence-electron chi connectivity index (χ0n) is 13.9. The molecule has 1 atom stereocenters. The van der Waals surface area contributed by atoms with E-state index in [1.165, 1.54) is 0 Å². The van der Waals surface area contributed by atoms with Crippen molar-refractivity contribution in [3.05, 3.63) is 45.9 Å². The minimum atomic E-state index is -0.327. The number of pyridine rings is 1. The lowest BCUT2D eigenvalue weighted by atomic mass is 10.3. The Balaban J connectivity index is 1.69. The summed E-state index contributed by atoms with van der Waals surface area (Å²) >= 11 is 0. The van der Waals surface area contributed by atoms with E-state index in [0.29, 0.717) is 31.1 Å². The first-order valence-electron chi connectivity index (χ1n) is 8.05. The van der Waals surface area contributed by atoms with Gasteiger partial charge in [0.2, 0.25) is 5.82 Å². The van der Waals surface area contributed by atoms with Gasteiger partial charge in [-0.3, -0.25) is 15.1 Å². The van der Waals surface area contributed by atoms with E-state index >= 15 is 0 Å². The topological polar surface area (TPSA) is 86.3 Å². The highest BCUT2D eigenvalue weighted by molar-refractivity contribution is 5.62. The summed E-state index contributed by atoms with van der Waals surface area (Å²) in [5.41, 5.74) is 1.72. The standard InChI is InChI=1S/C16H21N5O3/c1-3-14-15(21(22)23)16(19(2)18-14)20-9-6-13(10-20)24-11-12-4-7-17-8-5-12/h4-5,7-8,13H,3,6,9-11H2,1-2H3. The molecule has 0 amide bonds. The number of ether oxygens (including phenoxy) is 1. The Labute approximate surface area is 140 Å². The second-order valence-electron chi connectivity index (χ2n) is 5.88. The number of hydrogen-bond donors (Lipinski definition) is 0. The third-order valence-corrected chi connectivity index (χ3v) is 4.26. The molecule has 8 nitrogen and oxygen atoms in total. The molecule has 3 heterocycles. The van der Waals surface area contributed by atoms with Gasteiger partial charge in [-0.1, -0.05) is 6.92 Å². The number of aromatic nitrogens is 3. The molecular weight excluding hydrogens is 310 g/mol. The minimum absolute atomic E-state index is 0.0535.